The van der Waals surface area contributed by atoms with Gasteiger partial charge in [-0.2, -0.15) is 0 Å². The van der Waals surface area contributed by atoms with Gasteiger partial charge in [0.05, 0.1) is 0 Å². The second-order valence-electron chi connectivity index (χ2n) is 0.925. The molecule has 0 aromatic rings. The van der Waals surface area contributed by atoms with E-state index in [9.17, 15) is 0 Å². The number of hydrogen-bond donors (Lipinski definition) is 0. The van der Waals surface area contributed by atoms with Gasteiger partial charge in [0.15, 0.2) is 0 Å². The molecule has 0 atom stereocenters. The molecule has 0 aromatic carbocycles. The summed E-state index contributed by atoms with van der Waals surface area (Å²) in [6.45, 7) is 4.05. The molecule has 0 unspecified atom stereocenters. The largest absolute Gasteiger partial charge is 0.120 e. The first kappa shape index (κ1) is 6.44. The van der Waals surface area contributed by atoms with Crippen molar-refractivity contribution in [2.45, 2.75) is 13.8 Å². The van der Waals surface area contributed by atoms with E-state index in [0.717, 1.165) is 9.95 Å². The lowest BCUT2D eigenvalue weighted by Gasteiger charge is -1.84. The van der Waals surface area contributed by atoms with Gasteiger partial charge >= 0.3 is 0 Å². The van der Waals surface area contributed by atoms with Gasteiger partial charge in [0.2, 0.25) is 0 Å². The summed E-state index contributed by atoms with van der Waals surface area (Å²) in [6.07, 6.45) is 0. The van der Waals surface area contributed by atoms with E-state index in [4.69, 9.17) is 12.2 Å². The highest BCUT2D eigenvalue weighted by Gasteiger charge is 1.78. The van der Waals surface area contributed by atoms with Gasteiger partial charge in [-0.25, -0.2) is 0 Å². The SMILES string of the molecule is CCSC(C)=S. The predicted octanol–water partition coefficient (Wildman–Crippen LogP) is 2.09. The smallest absolute Gasteiger partial charge is 0.0447 e. The van der Waals surface area contributed by atoms with Gasteiger partial charge < -0.3 is 0 Å². The van der Waals surface area contributed by atoms with Crippen LogP contribution in [0.3, 0.4) is 0 Å². The molecule has 0 N–H and O–H groups in total. The predicted molar refractivity (Wildman–Crippen MR) is 36.4 cm³/mol. The molecule has 36 valence electrons. The lowest BCUT2D eigenvalue weighted by atomic mass is 11.0. The maximum atomic E-state index is 4.76. The highest BCUT2D eigenvalue weighted by atomic mass is 32.2. The molecule has 0 fully saturated rings. The van der Waals surface area contributed by atoms with Crippen molar-refractivity contribution < 1.29 is 0 Å². The summed E-state index contributed by atoms with van der Waals surface area (Å²) in [5, 5.41) is 0. The Morgan fingerprint density at radius 3 is 2.33 bits per heavy atom. The number of rotatable bonds is 1. The normalized spacial score (nSPS) is 8.33. The van der Waals surface area contributed by atoms with Crippen LogP contribution in [0.1, 0.15) is 13.8 Å². The summed E-state index contributed by atoms with van der Waals surface area (Å²) in [7, 11) is 0. The van der Waals surface area contributed by atoms with E-state index >= 15 is 0 Å². The van der Waals surface area contributed by atoms with Crippen molar-refractivity contribution in [1.82, 2.24) is 0 Å². The van der Waals surface area contributed by atoms with Crippen molar-refractivity contribution >= 4 is 28.2 Å². The van der Waals surface area contributed by atoms with Gasteiger partial charge in [-0.3, -0.25) is 0 Å². The van der Waals surface area contributed by atoms with Gasteiger partial charge in [-0.15, -0.1) is 11.8 Å². The van der Waals surface area contributed by atoms with Crippen LogP contribution >= 0.6 is 24.0 Å². The Hall–Kier alpha value is 0.440. The van der Waals surface area contributed by atoms with E-state index in [1.165, 1.54) is 0 Å². The first-order chi connectivity index (χ1) is 2.77. The monoisotopic (exact) mass is 120 g/mol. The first-order valence-electron chi connectivity index (χ1n) is 1.90. The van der Waals surface area contributed by atoms with Crippen LogP contribution in [0.2, 0.25) is 0 Å². The molecule has 0 aliphatic carbocycles. The van der Waals surface area contributed by atoms with Gasteiger partial charge in [-0.05, 0) is 12.7 Å². The maximum Gasteiger partial charge on any atom is 0.0447 e. The second kappa shape index (κ2) is 3.62. The molecule has 0 amide bonds. The summed E-state index contributed by atoms with van der Waals surface area (Å²) in [5.74, 6) is 1.11. The van der Waals surface area contributed by atoms with Crippen LogP contribution in [0.25, 0.3) is 0 Å². The summed E-state index contributed by atoms with van der Waals surface area (Å²) >= 11 is 6.48. The summed E-state index contributed by atoms with van der Waals surface area (Å²) in [6, 6.07) is 0. The summed E-state index contributed by atoms with van der Waals surface area (Å²) in [4.78, 5) is 0. The topological polar surface area (TPSA) is 0 Å². The quantitative estimate of drug-likeness (QED) is 0.486. The van der Waals surface area contributed by atoms with Crippen LogP contribution in [0.4, 0.5) is 0 Å². The van der Waals surface area contributed by atoms with E-state index in [0.29, 0.717) is 0 Å². The van der Waals surface area contributed by atoms with Crippen molar-refractivity contribution in [3.63, 3.8) is 0 Å². The van der Waals surface area contributed by atoms with E-state index in [1.54, 1.807) is 11.8 Å². The summed E-state index contributed by atoms with van der Waals surface area (Å²) in [5.41, 5.74) is 0. The Balaban J connectivity index is 2.83. The fourth-order valence-electron chi connectivity index (χ4n) is 0.203. The number of thioether (sulfide) groups is 1. The van der Waals surface area contributed by atoms with Crippen molar-refractivity contribution in [3.05, 3.63) is 0 Å². The molecule has 0 saturated carbocycles. The number of hydrogen-bond acceptors (Lipinski definition) is 2. The molecule has 6 heavy (non-hydrogen) atoms. The summed E-state index contributed by atoms with van der Waals surface area (Å²) < 4.78 is 1.04. The lowest BCUT2D eigenvalue weighted by molar-refractivity contribution is 1.54. The Labute approximate surface area is 48.3 Å². The molecular formula is C4H8S2. The molecule has 0 aromatic heterocycles. The minimum Gasteiger partial charge on any atom is -0.120 e. The van der Waals surface area contributed by atoms with Crippen LogP contribution in [0, 0.1) is 0 Å². The zero-order chi connectivity index (χ0) is 4.99. The molecule has 0 rings (SSSR count). The van der Waals surface area contributed by atoms with Crippen molar-refractivity contribution in [1.29, 1.82) is 0 Å². The molecule has 2 heteroatoms. The average molecular weight is 120 g/mol. The Bertz CT molecular complexity index is 49.5. The zero-order valence-corrected chi connectivity index (χ0v) is 5.66. The zero-order valence-electron chi connectivity index (χ0n) is 4.02. The Morgan fingerprint density at radius 2 is 2.33 bits per heavy atom. The molecule has 0 heterocycles. The van der Waals surface area contributed by atoms with Gasteiger partial charge in [0.1, 0.15) is 0 Å². The molecule has 0 aliphatic heterocycles. The third kappa shape index (κ3) is 4.44. The van der Waals surface area contributed by atoms with E-state index < -0.39 is 0 Å². The molecule has 0 bridgehead atoms. The van der Waals surface area contributed by atoms with Crippen LogP contribution in [-0.4, -0.2) is 9.95 Å². The van der Waals surface area contributed by atoms with Crippen LogP contribution < -0.4 is 0 Å². The molecule has 0 radical (unpaired) electrons. The third-order valence-corrected chi connectivity index (χ3v) is 1.40. The Kier molecular flexibility index (Phi) is 3.89. The molecule has 0 saturated heterocycles. The van der Waals surface area contributed by atoms with Crippen molar-refractivity contribution in [3.8, 4) is 0 Å². The van der Waals surface area contributed by atoms with Crippen LogP contribution in [-0.2, 0) is 0 Å². The molecule has 0 aliphatic rings. The van der Waals surface area contributed by atoms with Crippen molar-refractivity contribution in [2.24, 2.45) is 0 Å². The fraction of sp³-hybridized carbons (Fsp3) is 0.750. The maximum absolute atomic E-state index is 4.76. The van der Waals surface area contributed by atoms with Crippen LogP contribution in [0.5, 0.6) is 0 Å². The minimum atomic E-state index is 1.04. The van der Waals surface area contributed by atoms with Crippen LogP contribution in [0.15, 0.2) is 0 Å². The van der Waals surface area contributed by atoms with Gasteiger partial charge in [0, 0.05) is 4.20 Å². The highest BCUT2D eigenvalue weighted by Crippen LogP contribution is 1.99. The highest BCUT2D eigenvalue weighted by molar-refractivity contribution is 8.23. The van der Waals surface area contributed by atoms with Gasteiger partial charge in [0.25, 0.3) is 0 Å². The first-order valence-corrected chi connectivity index (χ1v) is 3.30. The van der Waals surface area contributed by atoms with Crippen molar-refractivity contribution in [2.75, 3.05) is 5.75 Å². The lowest BCUT2D eigenvalue weighted by Crippen LogP contribution is -1.74. The van der Waals surface area contributed by atoms with Gasteiger partial charge in [-0.1, -0.05) is 19.1 Å². The number of thiocarbonyl (C=S) groups is 1. The second-order valence-corrected chi connectivity index (χ2v) is 3.27. The van der Waals surface area contributed by atoms with E-state index in [-0.39, 0.29) is 0 Å². The van der Waals surface area contributed by atoms with E-state index in [1.807, 2.05) is 6.92 Å². The average Bonchev–Trinajstić information content (AvgIpc) is 1.35. The Morgan fingerprint density at radius 1 is 1.83 bits per heavy atom. The molecule has 0 spiro atoms. The third-order valence-electron chi connectivity index (χ3n) is 0.348. The standard InChI is InChI=1S/C4H8S2/c1-3-6-4(2)5/h3H2,1-2H3. The minimum absolute atomic E-state index is 1.04. The van der Waals surface area contributed by atoms with E-state index in [2.05, 4.69) is 6.92 Å². The molecule has 0 nitrogen and oxygen atoms in total. The fourth-order valence-corrected chi connectivity index (χ4v) is 0.963. The molecular weight excluding hydrogens is 112 g/mol.